The minimum atomic E-state index is -1.88. The maximum atomic E-state index is 6.96. The van der Waals surface area contributed by atoms with Gasteiger partial charge in [-0.3, -0.25) is 0 Å². The van der Waals surface area contributed by atoms with Crippen molar-refractivity contribution in [3.05, 3.63) is 48.6 Å². The van der Waals surface area contributed by atoms with Crippen molar-refractivity contribution >= 4 is 25.5 Å². The Hall–Kier alpha value is -1.01. The van der Waals surface area contributed by atoms with E-state index in [0.29, 0.717) is 16.6 Å². The largest absolute Gasteiger partial charge is 0.416 e. The molecule has 2 aliphatic heterocycles. The predicted octanol–water partition coefficient (Wildman–Crippen LogP) is 9.46. The summed E-state index contributed by atoms with van der Waals surface area (Å²) in [6.07, 6.45) is 6.13. The van der Waals surface area contributed by atoms with Crippen LogP contribution in [0.2, 0.25) is 16.6 Å². The van der Waals surface area contributed by atoms with Gasteiger partial charge in [-0.15, -0.1) is 6.58 Å². The van der Waals surface area contributed by atoms with Crippen LogP contribution in [0.25, 0.3) is 0 Å². The Kier molecular flexibility index (Phi) is 9.27. The lowest BCUT2D eigenvalue weighted by Crippen LogP contribution is -2.58. The first kappa shape index (κ1) is 30.5. The Morgan fingerprint density at radius 1 is 1.03 bits per heavy atom. The number of piperidine rings is 1. The van der Waals surface area contributed by atoms with Gasteiger partial charge in [0.05, 0.1) is 16.6 Å². The molecule has 3 nitrogen and oxygen atoms in total. The van der Waals surface area contributed by atoms with Gasteiger partial charge in [0.25, 0.3) is 0 Å². The normalized spacial score (nSPS) is 28.7. The average Bonchev–Trinajstić information content (AvgIpc) is 3.05. The quantitative estimate of drug-likeness (QED) is 0.120. The van der Waals surface area contributed by atoms with Crippen LogP contribution in [0.5, 0.6) is 0 Å². The Labute approximate surface area is 234 Å². The lowest BCUT2D eigenvalue weighted by Gasteiger charge is -2.53. The second kappa shape index (κ2) is 11.2. The summed E-state index contributed by atoms with van der Waals surface area (Å²) in [4.78, 5) is 3.52. The zero-order valence-corrected chi connectivity index (χ0v) is 27.1. The highest BCUT2D eigenvalue weighted by molar-refractivity contribution is 7.80. The van der Waals surface area contributed by atoms with Crippen LogP contribution in [-0.4, -0.2) is 36.1 Å². The van der Waals surface area contributed by atoms with E-state index in [1.54, 1.807) is 0 Å². The van der Waals surface area contributed by atoms with Crippen molar-refractivity contribution in [2.24, 2.45) is 11.3 Å². The van der Waals surface area contributed by atoms with Crippen molar-refractivity contribution in [1.82, 2.24) is 4.90 Å². The molecule has 37 heavy (non-hydrogen) atoms. The highest BCUT2D eigenvalue weighted by Crippen LogP contribution is 2.58. The van der Waals surface area contributed by atoms with Crippen LogP contribution in [0.1, 0.15) is 107 Å². The SMILES string of the molecule is C=C[C@@H](C)[C@@]1(CCCO[Si](C(C)C)(C(C)C)C(C)C)CC[C@@]2(C)OC(C)(C)[C@H](c3ccccc3)N2C1=S. The molecule has 3 rings (SSSR count). The van der Waals surface area contributed by atoms with Gasteiger partial charge in [0.2, 0.25) is 0 Å². The lowest BCUT2D eigenvalue weighted by molar-refractivity contribution is -0.121. The third kappa shape index (κ3) is 5.27. The minimum absolute atomic E-state index is 0.0852. The fraction of sp³-hybridized carbons (Fsp3) is 0.719. The highest BCUT2D eigenvalue weighted by atomic mass is 32.1. The molecule has 2 saturated heterocycles. The third-order valence-electron chi connectivity index (χ3n) is 9.76. The van der Waals surface area contributed by atoms with Gasteiger partial charge >= 0.3 is 0 Å². The zero-order chi connectivity index (χ0) is 27.8. The summed E-state index contributed by atoms with van der Waals surface area (Å²) in [6, 6.07) is 10.9. The number of hydrogen-bond acceptors (Lipinski definition) is 3. The molecule has 1 aromatic rings. The molecular formula is C32H53NO2SSi. The van der Waals surface area contributed by atoms with Crippen LogP contribution < -0.4 is 0 Å². The van der Waals surface area contributed by atoms with Gasteiger partial charge in [-0.25, -0.2) is 0 Å². The molecule has 2 fully saturated rings. The number of hydrogen-bond donors (Lipinski definition) is 0. The fourth-order valence-corrected chi connectivity index (χ4v) is 14.2. The molecular weight excluding hydrogens is 491 g/mol. The Balaban J connectivity index is 1.90. The summed E-state index contributed by atoms with van der Waals surface area (Å²) in [5, 5.41) is 0. The smallest absolute Gasteiger partial charge is 0.200 e. The summed E-state index contributed by atoms with van der Waals surface area (Å²) in [6.45, 7) is 28.2. The molecule has 0 amide bonds. The van der Waals surface area contributed by atoms with E-state index < -0.39 is 14.0 Å². The van der Waals surface area contributed by atoms with Crippen molar-refractivity contribution in [2.75, 3.05) is 6.61 Å². The zero-order valence-electron chi connectivity index (χ0n) is 25.3. The molecule has 2 aliphatic rings. The van der Waals surface area contributed by atoms with Crippen LogP contribution >= 0.6 is 12.2 Å². The molecule has 5 heteroatoms. The molecule has 0 unspecified atom stereocenters. The van der Waals surface area contributed by atoms with E-state index in [1.807, 2.05) is 0 Å². The summed E-state index contributed by atoms with van der Waals surface area (Å²) < 4.78 is 13.8. The molecule has 0 aromatic heterocycles. The summed E-state index contributed by atoms with van der Waals surface area (Å²) in [5.41, 5.74) is 2.21. The summed E-state index contributed by atoms with van der Waals surface area (Å²) in [7, 11) is -1.88. The Bertz CT molecular complexity index is 924. The van der Waals surface area contributed by atoms with E-state index in [-0.39, 0.29) is 23.0 Å². The lowest BCUT2D eigenvalue weighted by atomic mass is 9.65. The topological polar surface area (TPSA) is 21.7 Å². The van der Waals surface area contributed by atoms with Gasteiger partial charge in [0.1, 0.15) is 5.72 Å². The first-order valence-corrected chi connectivity index (χ1v) is 17.1. The van der Waals surface area contributed by atoms with Crippen molar-refractivity contribution in [3.63, 3.8) is 0 Å². The van der Waals surface area contributed by atoms with Crippen molar-refractivity contribution in [1.29, 1.82) is 0 Å². The monoisotopic (exact) mass is 543 g/mol. The fourth-order valence-electron chi connectivity index (χ4n) is 7.99. The van der Waals surface area contributed by atoms with E-state index in [4.69, 9.17) is 21.4 Å². The van der Waals surface area contributed by atoms with E-state index in [0.717, 1.165) is 37.3 Å². The number of rotatable bonds is 11. The molecule has 2 heterocycles. The van der Waals surface area contributed by atoms with Gasteiger partial charge in [-0.1, -0.05) is 97.1 Å². The number of allylic oxidation sites excluding steroid dienone is 1. The van der Waals surface area contributed by atoms with Gasteiger partial charge < -0.3 is 14.1 Å². The molecule has 208 valence electrons. The van der Waals surface area contributed by atoms with Crippen molar-refractivity contribution in [2.45, 2.75) is 129 Å². The molecule has 0 N–H and O–H groups in total. The number of ether oxygens (including phenoxy) is 1. The van der Waals surface area contributed by atoms with Crippen LogP contribution in [0, 0.1) is 11.3 Å². The molecule has 0 radical (unpaired) electrons. The van der Waals surface area contributed by atoms with Crippen LogP contribution in [0.15, 0.2) is 43.0 Å². The Morgan fingerprint density at radius 3 is 2.11 bits per heavy atom. The first-order chi connectivity index (χ1) is 17.2. The van der Waals surface area contributed by atoms with Gasteiger partial charge in [-0.05, 0) is 74.6 Å². The number of benzene rings is 1. The minimum Gasteiger partial charge on any atom is -0.416 e. The number of thiocarbonyl (C=S) groups is 1. The third-order valence-corrected chi connectivity index (χ3v) is 16.5. The van der Waals surface area contributed by atoms with Crippen molar-refractivity contribution < 1.29 is 9.16 Å². The van der Waals surface area contributed by atoms with E-state index in [9.17, 15) is 0 Å². The van der Waals surface area contributed by atoms with Gasteiger partial charge in [0.15, 0.2) is 8.32 Å². The molecule has 0 spiro atoms. The van der Waals surface area contributed by atoms with E-state index >= 15 is 0 Å². The summed E-state index contributed by atoms with van der Waals surface area (Å²) in [5.74, 6) is 0.284. The van der Waals surface area contributed by atoms with Crippen LogP contribution in [-0.2, 0) is 9.16 Å². The van der Waals surface area contributed by atoms with Crippen molar-refractivity contribution in [3.8, 4) is 0 Å². The second-order valence-electron chi connectivity index (χ2n) is 13.3. The molecule has 0 bridgehead atoms. The average molecular weight is 544 g/mol. The predicted molar refractivity (Wildman–Crippen MR) is 164 cm³/mol. The number of nitrogens with zero attached hydrogens (tertiary/aromatic N) is 1. The Morgan fingerprint density at radius 2 is 1.59 bits per heavy atom. The molecule has 1 aromatic carbocycles. The summed E-state index contributed by atoms with van der Waals surface area (Å²) >= 11 is 6.48. The molecule has 0 aliphatic carbocycles. The highest BCUT2D eigenvalue weighted by Gasteiger charge is 2.62. The number of fused-ring (bicyclic) bond motifs is 1. The molecule has 4 atom stereocenters. The van der Waals surface area contributed by atoms with E-state index in [2.05, 4.69) is 117 Å². The first-order valence-electron chi connectivity index (χ1n) is 14.5. The van der Waals surface area contributed by atoms with Crippen LogP contribution in [0.4, 0.5) is 0 Å². The standard InChI is InChI=1S/C32H53NO2SSi/c1-12-26(8)32(19-16-22-34-37(23(2)3,24(4)5)25(6)7)21-20-31(11)33(29(32)36)28(30(9,10)35-31)27-17-14-13-15-18-27/h12-15,17-18,23-26,28H,1,16,19-22H2,2-11H3/t26-,28+,31-,32-/m1/s1. The molecule has 0 saturated carbocycles. The maximum absolute atomic E-state index is 6.96. The van der Waals surface area contributed by atoms with Gasteiger partial charge in [0, 0.05) is 12.0 Å². The second-order valence-corrected chi connectivity index (χ2v) is 19.2. The van der Waals surface area contributed by atoms with Crippen LogP contribution in [0.3, 0.4) is 0 Å². The van der Waals surface area contributed by atoms with E-state index in [1.165, 1.54) is 5.56 Å². The maximum Gasteiger partial charge on any atom is 0.200 e. The van der Waals surface area contributed by atoms with Gasteiger partial charge in [-0.2, -0.15) is 0 Å².